The van der Waals surface area contributed by atoms with E-state index in [1.54, 1.807) is 18.2 Å². The average molecular weight is 323 g/mol. The summed E-state index contributed by atoms with van der Waals surface area (Å²) >= 11 is 0. The highest BCUT2D eigenvalue weighted by Gasteiger charge is 2.16. The van der Waals surface area contributed by atoms with Crippen LogP contribution < -0.4 is 10.3 Å². The number of para-hydroxylation sites is 1. The molecule has 2 aromatic heterocycles. The minimum atomic E-state index is -1.06. The van der Waals surface area contributed by atoms with E-state index in [9.17, 15) is 9.59 Å². The maximum absolute atomic E-state index is 12.5. The van der Waals surface area contributed by atoms with Crippen LogP contribution in [0.1, 0.15) is 6.92 Å². The van der Waals surface area contributed by atoms with Crippen molar-refractivity contribution in [3.05, 3.63) is 52.8 Å². The maximum Gasteiger partial charge on any atom is 0.344 e. The summed E-state index contributed by atoms with van der Waals surface area (Å²) in [5.41, 5.74) is 1.42. The number of aromatic amines is 1. The minimum Gasteiger partial charge on any atom is -0.479 e. The molecule has 24 heavy (non-hydrogen) atoms. The van der Waals surface area contributed by atoms with Gasteiger partial charge in [0.25, 0.3) is 5.56 Å². The van der Waals surface area contributed by atoms with Gasteiger partial charge in [-0.2, -0.15) is 0 Å². The number of H-pyrrole nitrogens is 1. The van der Waals surface area contributed by atoms with Crippen molar-refractivity contribution in [1.29, 1.82) is 0 Å². The van der Waals surface area contributed by atoms with Crippen LogP contribution in [0.2, 0.25) is 0 Å². The molecule has 0 aliphatic carbocycles. The van der Waals surface area contributed by atoms with Crippen LogP contribution in [-0.2, 0) is 4.79 Å². The molecule has 0 aliphatic rings. The van der Waals surface area contributed by atoms with Crippen molar-refractivity contribution in [1.82, 2.24) is 4.98 Å². The SMILES string of the molecule is CC(Oc1ccc2c(c1)[nH]c(=O)c1c3ccccc3oc21)C(=O)O. The van der Waals surface area contributed by atoms with E-state index >= 15 is 0 Å². The summed E-state index contributed by atoms with van der Waals surface area (Å²) in [4.78, 5) is 26.2. The van der Waals surface area contributed by atoms with Crippen molar-refractivity contribution >= 4 is 38.8 Å². The summed E-state index contributed by atoms with van der Waals surface area (Å²) < 4.78 is 11.2. The van der Waals surface area contributed by atoms with Crippen LogP contribution >= 0.6 is 0 Å². The van der Waals surface area contributed by atoms with Crippen molar-refractivity contribution in [3.63, 3.8) is 0 Å². The van der Waals surface area contributed by atoms with Crippen LogP contribution in [-0.4, -0.2) is 22.2 Å². The number of ether oxygens (including phenoxy) is 1. The molecule has 0 fully saturated rings. The van der Waals surface area contributed by atoms with Crippen LogP contribution in [0.15, 0.2) is 51.7 Å². The number of rotatable bonds is 3. The van der Waals surface area contributed by atoms with Crippen molar-refractivity contribution in [2.45, 2.75) is 13.0 Å². The Morgan fingerprint density at radius 2 is 2.00 bits per heavy atom. The number of benzene rings is 2. The number of aliphatic carboxylic acids is 1. The molecule has 0 saturated heterocycles. The zero-order valence-corrected chi connectivity index (χ0v) is 12.7. The summed E-state index contributed by atoms with van der Waals surface area (Å²) in [7, 11) is 0. The summed E-state index contributed by atoms with van der Waals surface area (Å²) in [5, 5.41) is 10.9. The van der Waals surface area contributed by atoms with Gasteiger partial charge in [-0.15, -0.1) is 0 Å². The van der Waals surface area contributed by atoms with Gasteiger partial charge in [0.1, 0.15) is 16.9 Å². The van der Waals surface area contributed by atoms with Crippen LogP contribution in [0.3, 0.4) is 0 Å². The predicted octanol–water partition coefficient (Wildman–Crippen LogP) is 3.28. The molecule has 0 amide bonds. The van der Waals surface area contributed by atoms with Crippen molar-refractivity contribution < 1.29 is 19.1 Å². The van der Waals surface area contributed by atoms with E-state index in [1.807, 2.05) is 24.3 Å². The van der Waals surface area contributed by atoms with E-state index < -0.39 is 12.1 Å². The second-order valence-corrected chi connectivity index (χ2v) is 5.56. The number of carboxylic acids is 1. The number of carbonyl (C=O) groups is 1. The minimum absolute atomic E-state index is 0.258. The van der Waals surface area contributed by atoms with E-state index in [0.717, 1.165) is 10.8 Å². The monoisotopic (exact) mass is 323 g/mol. The molecule has 6 nitrogen and oxygen atoms in total. The van der Waals surface area contributed by atoms with Crippen LogP contribution in [0, 0.1) is 0 Å². The van der Waals surface area contributed by atoms with E-state index in [4.69, 9.17) is 14.3 Å². The van der Waals surface area contributed by atoms with Gasteiger partial charge in [0.2, 0.25) is 0 Å². The number of fused-ring (bicyclic) bond motifs is 5. The third kappa shape index (κ3) is 2.11. The lowest BCUT2D eigenvalue weighted by atomic mass is 10.1. The summed E-state index contributed by atoms with van der Waals surface area (Å²) in [5.74, 6) is -0.695. The number of furan rings is 1. The number of nitrogens with one attached hydrogen (secondary N) is 1. The molecule has 2 N–H and O–H groups in total. The van der Waals surface area contributed by atoms with E-state index in [-0.39, 0.29) is 5.56 Å². The molecule has 120 valence electrons. The molecule has 0 saturated carbocycles. The largest absolute Gasteiger partial charge is 0.479 e. The molecule has 0 spiro atoms. The van der Waals surface area contributed by atoms with Gasteiger partial charge >= 0.3 is 5.97 Å². The van der Waals surface area contributed by atoms with Crippen molar-refractivity contribution in [2.75, 3.05) is 0 Å². The summed E-state index contributed by atoms with van der Waals surface area (Å²) in [6.07, 6.45) is -0.982. The topological polar surface area (TPSA) is 92.5 Å². The van der Waals surface area contributed by atoms with Gasteiger partial charge in [-0.3, -0.25) is 4.79 Å². The molecule has 1 atom stereocenters. The number of aromatic nitrogens is 1. The van der Waals surface area contributed by atoms with Crippen molar-refractivity contribution in [2.24, 2.45) is 0 Å². The molecule has 2 heterocycles. The molecule has 0 radical (unpaired) electrons. The molecule has 0 bridgehead atoms. The average Bonchev–Trinajstić information content (AvgIpc) is 2.94. The smallest absolute Gasteiger partial charge is 0.344 e. The molecular weight excluding hydrogens is 310 g/mol. The van der Waals surface area contributed by atoms with E-state index in [1.165, 1.54) is 6.92 Å². The molecule has 4 aromatic rings. The Hall–Kier alpha value is -3.28. The Labute approximate surface area is 135 Å². The Balaban J connectivity index is 1.96. The highest BCUT2D eigenvalue weighted by molar-refractivity contribution is 6.13. The molecule has 2 aromatic carbocycles. The third-order valence-electron chi connectivity index (χ3n) is 3.97. The van der Waals surface area contributed by atoms with Gasteiger partial charge in [-0.05, 0) is 25.1 Å². The Kier molecular flexibility index (Phi) is 3.06. The molecule has 4 rings (SSSR count). The van der Waals surface area contributed by atoms with E-state index in [0.29, 0.717) is 27.8 Å². The highest BCUT2D eigenvalue weighted by Crippen LogP contribution is 2.31. The lowest BCUT2D eigenvalue weighted by Crippen LogP contribution is -2.22. The second kappa shape index (κ2) is 5.13. The molecule has 1 unspecified atom stereocenters. The van der Waals surface area contributed by atoms with E-state index in [2.05, 4.69) is 4.98 Å². The highest BCUT2D eigenvalue weighted by atomic mass is 16.5. The Morgan fingerprint density at radius 1 is 1.21 bits per heavy atom. The third-order valence-corrected chi connectivity index (χ3v) is 3.97. The molecule has 0 aliphatic heterocycles. The van der Waals surface area contributed by atoms with Gasteiger partial charge in [0, 0.05) is 16.8 Å². The fourth-order valence-corrected chi connectivity index (χ4v) is 2.80. The summed E-state index contributed by atoms with van der Waals surface area (Å²) in [6.45, 7) is 1.44. The number of hydrogen-bond donors (Lipinski definition) is 2. The first-order chi connectivity index (χ1) is 11.5. The first-order valence-electron chi connectivity index (χ1n) is 7.41. The maximum atomic E-state index is 12.5. The van der Waals surface area contributed by atoms with Gasteiger partial charge < -0.3 is 19.2 Å². The normalized spacial score (nSPS) is 12.7. The van der Waals surface area contributed by atoms with Gasteiger partial charge in [0.05, 0.1) is 10.9 Å². The quantitative estimate of drug-likeness (QED) is 0.603. The molecular formula is C18H13NO5. The predicted molar refractivity (Wildman–Crippen MR) is 89.6 cm³/mol. The first-order valence-corrected chi connectivity index (χ1v) is 7.41. The fourth-order valence-electron chi connectivity index (χ4n) is 2.80. The summed E-state index contributed by atoms with van der Waals surface area (Å²) in [6, 6.07) is 12.4. The van der Waals surface area contributed by atoms with Crippen LogP contribution in [0.25, 0.3) is 32.8 Å². The zero-order valence-electron chi connectivity index (χ0n) is 12.7. The Bertz CT molecular complexity index is 1150. The fraction of sp³-hybridized carbons (Fsp3) is 0.111. The number of hydrogen-bond acceptors (Lipinski definition) is 4. The standard InChI is InChI=1S/C18H13NO5/c1-9(18(21)22)23-10-6-7-11-13(8-10)19-17(20)15-12-4-2-3-5-14(12)24-16(11)15/h2-9H,1H3,(H,19,20)(H,21,22). The zero-order chi connectivity index (χ0) is 16.8. The second-order valence-electron chi connectivity index (χ2n) is 5.56. The lowest BCUT2D eigenvalue weighted by Gasteiger charge is -2.10. The Morgan fingerprint density at radius 3 is 2.79 bits per heavy atom. The molecule has 6 heteroatoms. The van der Waals surface area contributed by atoms with Gasteiger partial charge in [0.15, 0.2) is 6.10 Å². The lowest BCUT2D eigenvalue weighted by molar-refractivity contribution is -0.144. The van der Waals surface area contributed by atoms with Gasteiger partial charge in [-0.1, -0.05) is 18.2 Å². The van der Waals surface area contributed by atoms with Crippen molar-refractivity contribution in [3.8, 4) is 5.75 Å². The number of carboxylic acid groups (broad SMARTS) is 1. The first kappa shape index (κ1) is 14.3. The van der Waals surface area contributed by atoms with Crippen LogP contribution in [0.5, 0.6) is 5.75 Å². The number of pyridine rings is 1. The van der Waals surface area contributed by atoms with Gasteiger partial charge in [-0.25, -0.2) is 4.79 Å². The van der Waals surface area contributed by atoms with Crippen LogP contribution in [0.4, 0.5) is 0 Å².